The normalized spacial score (nSPS) is 16.8. The second-order valence-electron chi connectivity index (χ2n) is 4.44. The third kappa shape index (κ3) is 1.73. The van der Waals surface area contributed by atoms with Crippen LogP contribution < -0.4 is 0 Å². The van der Waals surface area contributed by atoms with Gasteiger partial charge in [0, 0.05) is 22.2 Å². The fraction of sp³-hybridized carbons (Fsp3) is 0.214. The van der Waals surface area contributed by atoms with Crippen molar-refractivity contribution in [3.63, 3.8) is 0 Å². The molecule has 3 heteroatoms. The first-order valence-electron chi connectivity index (χ1n) is 5.58. The van der Waals surface area contributed by atoms with E-state index in [1.807, 2.05) is 24.3 Å². The summed E-state index contributed by atoms with van der Waals surface area (Å²) in [4.78, 5) is 3.80. The average Bonchev–Trinajstić information content (AvgIpc) is 3.12. The first kappa shape index (κ1) is 10.7. The summed E-state index contributed by atoms with van der Waals surface area (Å²) >= 11 is 5.88. The van der Waals surface area contributed by atoms with Crippen molar-refractivity contribution in [3.8, 4) is 0 Å². The summed E-state index contributed by atoms with van der Waals surface area (Å²) in [7, 11) is 0. The Bertz CT molecular complexity index is 546. The maximum atomic E-state index is 13.8. The Kier molecular flexibility index (Phi) is 2.40. The van der Waals surface area contributed by atoms with Crippen LogP contribution in [0.4, 0.5) is 4.39 Å². The lowest BCUT2D eigenvalue weighted by Crippen LogP contribution is -2.11. The molecule has 0 unspecified atom stereocenters. The zero-order valence-electron chi connectivity index (χ0n) is 9.16. The van der Waals surface area contributed by atoms with Crippen molar-refractivity contribution in [1.29, 1.82) is 0 Å². The number of hydrogen-bond acceptors (Lipinski definition) is 1. The quantitative estimate of drug-likeness (QED) is 0.783. The zero-order valence-corrected chi connectivity index (χ0v) is 9.91. The molecule has 2 aromatic rings. The molecule has 0 atom stereocenters. The smallest absolute Gasteiger partial charge is 0.145 e. The molecule has 3 rings (SSSR count). The standard InChI is InChI=1S/C14H11ClFN/c15-11-3-1-10(2-4-11)14(6-7-14)12-5-8-17-9-13(12)16/h1-5,8-9H,6-7H2. The Morgan fingerprint density at radius 3 is 2.41 bits per heavy atom. The lowest BCUT2D eigenvalue weighted by molar-refractivity contribution is 0.588. The summed E-state index contributed by atoms with van der Waals surface area (Å²) in [6.07, 6.45) is 4.89. The van der Waals surface area contributed by atoms with Gasteiger partial charge in [0.15, 0.2) is 0 Å². The zero-order chi connectivity index (χ0) is 11.9. The molecule has 1 aliphatic rings. The molecule has 1 heterocycles. The molecule has 1 saturated carbocycles. The number of aromatic nitrogens is 1. The molecular weight excluding hydrogens is 237 g/mol. The average molecular weight is 248 g/mol. The van der Waals surface area contributed by atoms with Gasteiger partial charge in [0.25, 0.3) is 0 Å². The number of hydrogen-bond donors (Lipinski definition) is 0. The Hall–Kier alpha value is -1.41. The molecule has 17 heavy (non-hydrogen) atoms. The molecule has 0 N–H and O–H groups in total. The minimum Gasteiger partial charge on any atom is -0.262 e. The summed E-state index contributed by atoms with van der Waals surface area (Å²) in [6, 6.07) is 9.45. The lowest BCUT2D eigenvalue weighted by atomic mass is 9.88. The molecule has 0 amide bonds. The van der Waals surface area contributed by atoms with Crippen molar-refractivity contribution in [2.45, 2.75) is 18.3 Å². The van der Waals surface area contributed by atoms with Crippen LogP contribution in [0.2, 0.25) is 5.02 Å². The third-order valence-corrected chi connectivity index (χ3v) is 3.69. The van der Waals surface area contributed by atoms with Crippen LogP contribution in [-0.2, 0) is 5.41 Å². The predicted octanol–water partition coefficient (Wildman–Crippen LogP) is 3.95. The minimum atomic E-state index is -0.222. The van der Waals surface area contributed by atoms with E-state index >= 15 is 0 Å². The Morgan fingerprint density at radius 1 is 1.12 bits per heavy atom. The van der Waals surface area contributed by atoms with Gasteiger partial charge in [0.05, 0.1) is 6.20 Å². The van der Waals surface area contributed by atoms with Gasteiger partial charge in [-0.1, -0.05) is 23.7 Å². The van der Waals surface area contributed by atoms with Crippen molar-refractivity contribution in [1.82, 2.24) is 4.98 Å². The number of benzene rings is 1. The molecule has 1 aromatic heterocycles. The van der Waals surface area contributed by atoms with Crippen molar-refractivity contribution in [2.24, 2.45) is 0 Å². The molecule has 0 bridgehead atoms. The van der Waals surface area contributed by atoms with E-state index in [-0.39, 0.29) is 11.2 Å². The van der Waals surface area contributed by atoms with Crippen LogP contribution in [-0.4, -0.2) is 4.98 Å². The van der Waals surface area contributed by atoms with Gasteiger partial charge in [0.2, 0.25) is 0 Å². The molecule has 1 aliphatic carbocycles. The van der Waals surface area contributed by atoms with Crippen LogP contribution in [0.1, 0.15) is 24.0 Å². The largest absolute Gasteiger partial charge is 0.262 e. The van der Waals surface area contributed by atoms with E-state index in [1.54, 1.807) is 12.3 Å². The van der Waals surface area contributed by atoms with E-state index < -0.39 is 0 Å². The SMILES string of the molecule is Fc1cnccc1C1(c2ccc(Cl)cc2)CC1. The van der Waals surface area contributed by atoms with Crippen LogP contribution in [0, 0.1) is 5.82 Å². The van der Waals surface area contributed by atoms with Gasteiger partial charge >= 0.3 is 0 Å². The van der Waals surface area contributed by atoms with Crippen LogP contribution >= 0.6 is 11.6 Å². The topological polar surface area (TPSA) is 12.9 Å². The Morgan fingerprint density at radius 2 is 1.82 bits per heavy atom. The van der Waals surface area contributed by atoms with Gasteiger partial charge < -0.3 is 0 Å². The molecule has 1 nitrogen and oxygen atoms in total. The van der Waals surface area contributed by atoms with Crippen LogP contribution in [0.15, 0.2) is 42.7 Å². The van der Waals surface area contributed by atoms with E-state index in [4.69, 9.17) is 11.6 Å². The second-order valence-corrected chi connectivity index (χ2v) is 4.88. The monoisotopic (exact) mass is 247 g/mol. The highest BCUT2D eigenvalue weighted by Crippen LogP contribution is 2.54. The van der Waals surface area contributed by atoms with Crippen molar-refractivity contribution < 1.29 is 4.39 Å². The van der Waals surface area contributed by atoms with Gasteiger partial charge in [-0.25, -0.2) is 4.39 Å². The fourth-order valence-corrected chi connectivity index (χ4v) is 2.50. The highest BCUT2D eigenvalue weighted by Gasteiger charge is 2.47. The van der Waals surface area contributed by atoms with Gasteiger partial charge in [-0.3, -0.25) is 4.98 Å². The summed E-state index contributed by atoms with van der Waals surface area (Å²) < 4.78 is 13.8. The van der Waals surface area contributed by atoms with Gasteiger partial charge in [-0.05, 0) is 36.6 Å². The van der Waals surface area contributed by atoms with Crippen LogP contribution in [0.3, 0.4) is 0 Å². The number of rotatable bonds is 2. The molecule has 0 spiro atoms. The molecule has 0 aliphatic heterocycles. The van der Waals surface area contributed by atoms with E-state index in [2.05, 4.69) is 4.98 Å². The first-order chi connectivity index (χ1) is 8.22. The van der Waals surface area contributed by atoms with Crippen molar-refractivity contribution in [3.05, 3.63) is 64.7 Å². The summed E-state index contributed by atoms with van der Waals surface area (Å²) in [5.41, 5.74) is 1.72. The predicted molar refractivity (Wildman–Crippen MR) is 65.7 cm³/mol. The number of halogens is 2. The van der Waals surface area contributed by atoms with Crippen molar-refractivity contribution >= 4 is 11.6 Å². The second kappa shape index (κ2) is 3.81. The molecule has 1 fully saturated rings. The maximum absolute atomic E-state index is 13.8. The third-order valence-electron chi connectivity index (χ3n) is 3.43. The number of nitrogens with zero attached hydrogens (tertiary/aromatic N) is 1. The van der Waals surface area contributed by atoms with Crippen LogP contribution in [0.25, 0.3) is 0 Å². The highest BCUT2D eigenvalue weighted by molar-refractivity contribution is 6.30. The molecular formula is C14H11ClFN. The minimum absolute atomic E-state index is 0.155. The number of pyridine rings is 1. The van der Waals surface area contributed by atoms with Gasteiger partial charge in [-0.15, -0.1) is 0 Å². The Balaban J connectivity index is 2.08. The van der Waals surface area contributed by atoms with Crippen LogP contribution in [0.5, 0.6) is 0 Å². The summed E-state index contributed by atoms with van der Waals surface area (Å²) in [6.45, 7) is 0. The van der Waals surface area contributed by atoms with E-state index in [0.717, 1.165) is 24.0 Å². The molecule has 0 radical (unpaired) electrons. The van der Waals surface area contributed by atoms with Crippen molar-refractivity contribution in [2.75, 3.05) is 0 Å². The van der Waals surface area contributed by atoms with Gasteiger partial charge in [-0.2, -0.15) is 0 Å². The van der Waals surface area contributed by atoms with E-state index in [1.165, 1.54) is 6.20 Å². The van der Waals surface area contributed by atoms with E-state index in [9.17, 15) is 4.39 Å². The highest BCUT2D eigenvalue weighted by atomic mass is 35.5. The maximum Gasteiger partial charge on any atom is 0.145 e. The molecule has 0 saturated heterocycles. The fourth-order valence-electron chi connectivity index (χ4n) is 2.37. The van der Waals surface area contributed by atoms with Gasteiger partial charge in [0.1, 0.15) is 5.82 Å². The first-order valence-corrected chi connectivity index (χ1v) is 5.96. The van der Waals surface area contributed by atoms with E-state index in [0.29, 0.717) is 5.02 Å². The summed E-state index contributed by atoms with van der Waals surface area (Å²) in [5, 5.41) is 0.708. The summed E-state index contributed by atoms with van der Waals surface area (Å²) in [5.74, 6) is -0.222. The lowest BCUT2D eigenvalue weighted by Gasteiger charge is -2.16. The Labute approximate surface area is 104 Å². The molecule has 86 valence electrons. The molecule has 1 aromatic carbocycles.